The standard InChI is InChI=1S/C9H11FOS/c1-12-6-9(11)7-2-4-8(10)5-3-7/h2-5,9,11H,6H2,1H3/t9-/m0/s1. The topological polar surface area (TPSA) is 20.2 Å². The molecule has 1 rings (SSSR count). The number of hydrogen-bond donors (Lipinski definition) is 1. The first kappa shape index (κ1) is 9.55. The Bertz CT molecular complexity index is 235. The second-order valence-corrected chi connectivity index (χ2v) is 3.43. The summed E-state index contributed by atoms with van der Waals surface area (Å²) in [7, 11) is 0. The third kappa shape index (κ3) is 2.50. The molecule has 1 nitrogen and oxygen atoms in total. The van der Waals surface area contributed by atoms with Crippen LogP contribution in [-0.2, 0) is 0 Å². The van der Waals surface area contributed by atoms with Crippen molar-refractivity contribution in [2.75, 3.05) is 12.0 Å². The number of aliphatic hydroxyl groups is 1. The predicted octanol–water partition coefficient (Wildman–Crippen LogP) is 2.22. The van der Waals surface area contributed by atoms with Gasteiger partial charge in [-0.05, 0) is 24.0 Å². The predicted molar refractivity (Wildman–Crippen MR) is 49.7 cm³/mol. The largest absolute Gasteiger partial charge is 0.388 e. The summed E-state index contributed by atoms with van der Waals surface area (Å²) < 4.78 is 12.4. The quantitative estimate of drug-likeness (QED) is 0.781. The molecule has 12 heavy (non-hydrogen) atoms. The van der Waals surface area contributed by atoms with Crippen molar-refractivity contribution in [3.63, 3.8) is 0 Å². The fourth-order valence-electron chi connectivity index (χ4n) is 0.939. The van der Waals surface area contributed by atoms with Gasteiger partial charge in [-0.3, -0.25) is 0 Å². The van der Waals surface area contributed by atoms with E-state index in [-0.39, 0.29) is 5.82 Å². The van der Waals surface area contributed by atoms with Crippen molar-refractivity contribution >= 4 is 11.8 Å². The van der Waals surface area contributed by atoms with Crippen molar-refractivity contribution in [2.24, 2.45) is 0 Å². The minimum Gasteiger partial charge on any atom is -0.388 e. The van der Waals surface area contributed by atoms with Crippen molar-refractivity contribution in [1.29, 1.82) is 0 Å². The highest BCUT2D eigenvalue weighted by Gasteiger charge is 2.05. The molecule has 0 saturated heterocycles. The lowest BCUT2D eigenvalue weighted by atomic mass is 10.1. The van der Waals surface area contributed by atoms with Crippen LogP contribution in [0.2, 0.25) is 0 Å². The van der Waals surface area contributed by atoms with Crippen LogP contribution in [0.4, 0.5) is 4.39 Å². The summed E-state index contributed by atoms with van der Waals surface area (Å²) in [4.78, 5) is 0. The van der Waals surface area contributed by atoms with Gasteiger partial charge in [0, 0.05) is 5.75 Å². The summed E-state index contributed by atoms with van der Waals surface area (Å²) in [6.07, 6.45) is 1.44. The maximum Gasteiger partial charge on any atom is 0.123 e. The van der Waals surface area contributed by atoms with E-state index in [1.165, 1.54) is 12.1 Å². The van der Waals surface area contributed by atoms with Crippen molar-refractivity contribution in [3.8, 4) is 0 Å². The van der Waals surface area contributed by atoms with E-state index in [1.54, 1.807) is 23.9 Å². The molecule has 1 atom stereocenters. The number of rotatable bonds is 3. The fourth-order valence-corrected chi connectivity index (χ4v) is 1.45. The molecule has 0 unspecified atom stereocenters. The van der Waals surface area contributed by atoms with Gasteiger partial charge >= 0.3 is 0 Å². The molecule has 0 saturated carbocycles. The van der Waals surface area contributed by atoms with E-state index in [4.69, 9.17) is 0 Å². The summed E-state index contributed by atoms with van der Waals surface area (Å²) in [6.45, 7) is 0. The molecule has 0 aromatic heterocycles. The summed E-state index contributed by atoms with van der Waals surface area (Å²) in [5.41, 5.74) is 0.769. The van der Waals surface area contributed by atoms with Crippen LogP contribution >= 0.6 is 11.8 Å². The molecule has 66 valence electrons. The second-order valence-electron chi connectivity index (χ2n) is 2.52. The molecular weight excluding hydrogens is 175 g/mol. The Kier molecular flexibility index (Phi) is 3.56. The highest BCUT2D eigenvalue weighted by molar-refractivity contribution is 7.98. The number of thioether (sulfide) groups is 1. The second kappa shape index (κ2) is 4.48. The number of benzene rings is 1. The maximum absolute atomic E-state index is 12.4. The molecule has 3 heteroatoms. The summed E-state index contributed by atoms with van der Waals surface area (Å²) in [5, 5.41) is 9.47. The van der Waals surface area contributed by atoms with Crippen molar-refractivity contribution in [2.45, 2.75) is 6.10 Å². The summed E-state index contributed by atoms with van der Waals surface area (Å²) in [6, 6.07) is 5.93. The zero-order valence-electron chi connectivity index (χ0n) is 6.83. The van der Waals surface area contributed by atoms with E-state index in [1.807, 2.05) is 6.26 Å². The van der Waals surface area contributed by atoms with E-state index in [0.717, 1.165) is 5.56 Å². The highest BCUT2D eigenvalue weighted by atomic mass is 32.2. The molecular formula is C9H11FOS. The number of halogens is 1. The van der Waals surface area contributed by atoms with Gasteiger partial charge in [-0.15, -0.1) is 0 Å². The SMILES string of the molecule is CSC[C@H](O)c1ccc(F)cc1. The van der Waals surface area contributed by atoms with Crippen LogP contribution in [0.1, 0.15) is 11.7 Å². The minimum absolute atomic E-state index is 0.268. The molecule has 0 aliphatic heterocycles. The lowest BCUT2D eigenvalue weighted by Crippen LogP contribution is -1.99. The van der Waals surface area contributed by atoms with Crippen molar-refractivity contribution in [1.82, 2.24) is 0 Å². The Hall–Kier alpha value is -0.540. The third-order valence-corrected chi connectivity index (χ3v) is 2.23. The Morgan fingerprint density at radius 3 is 2.50 bits per heavy atom. The average Bonchev–Trinajstić information content (AvgIpc) is 2.06. The van der Waals surface area contributed by atoms with Crippen molar-refractivity contribution in [3.05, 3.63) is 35.6 Å². The maximum atomic E-state index is 12.4. The molecule has 1 N–H and O–H groups in total. The first-order valence-corrected chi connectivity index (χ1v) is 5.06. The number of aliphatic hydroxyl groups excluding tert-OH is 1. The van der Waals surface area contributed by atoms with Gasteiger partial charge in [-0.1, -0.05) is 12.1 Å². The summed E-state index contributed by atoms with van der Waals surface area (Å²) >= 11 is 1.57. The molecule has 0 amide bonds. The van der Waals surface area contributed by atoms with E-state index >= 15 is 0 Å². The molecule has 1 aromatic rings. The average molecular weight is 186 g/mol. The van der Waals surface area contributed by atoms with Crippen LogP contribution in [0.5, 0.6) is 0 Å². The Balaban J connectivity index is 2.68. The Morgan fingerprint density at radius 1 is 1.42 bits per heavy atom. The molecule has 0 aliphatic carbocycles. The van der Waals surface area contributed by atoms with Crippen LogP contribution < -0.4 is 0 Å². The normalized spacial score (nSPS) is 12.9. The van der Waals surface area contributed by atoms with Gasteiger partial charge in [0.2, 0.25) is 0 Å². The molecule has 1 aromatic carbocycles. The van der Waals surface area contributed by atoms with E-state index < -0.39 is 6.10 Å². The minimum atomic E-state index is -0.486. The number of hydrogen-bond acceptors (Lipinski definition) is 2. The first-order chi connectivity index (χ1) is 5.74. The lowest BCUT2D eigenvalue weighted by molar-refractivity contribution is 0.204. The molecule has 0 radical (unpaired) electrons. The van der Waals surface area contributed by atoms with Gasteiger partial charge in [0.05, 0.1) is 6.10 Å². The molecule has 0 aliphatic rings. The monoisotopic (exact) mass is 186 g/mol. The Labute approximate surface area is 75.6 Å². The molecule has 0 spiro atoms. The zero-order valence-corrected chi connectivity index (χ0v) is 7.64. The van der Waals surface area contributed by atoms with Gasteiger partial charge in [0.15, 0.2) is 0 Å². The molecule has 0 bridgehead atoms. The highest BCUT2D eigenvalue weighted by Crippen LogP contribution is 2.16. The van der Waals surface area contributed by atoms with Crippen LogP contribution in [0, 0.1) is 5.82 Å². The van der Waals surface area contributed by atoms with Gasteiger partial charge in [0.1, 0.15) is 5.82 Å². The fraction of sp³-hybridized carbons (Fsp3) is 0.333. The summed E-state index contributed by atoms with van der Waals surface area (Å²) in [5.74, 6) is 0.376. The lowest BCUT2D eigenvalue weighted by Gasteiger charge is -2.08. The Morgan fingerprint density at radius 2 is 2.00 bits per heavy atom. The van der Waals surface area contributed by atoms with Crippen LogP contribution in [0.25, 0.3) is 0 Å². The van der Waals surface area contributed by atoms with E-state index in [0.29, 0.717) is 5.75 Å². The van der Waals surface area contributed by atoms with Gasteiger partial charge in [-0.2, -0.15) is 11.8 Å². The van der Waals surface area contributed by atoms with Gasteiger partial charge in [-0.25, -0.2) is 4.39 Å². The van der Waals surface area contributed by atoms with Crippen LogP contribution in [0.3, 0.4) is 0 Å². The molecule has 0 heterocycles. The van der Waals surface area contributed by atoms with Gasteiger partial charge < -0.3 is 5.11 Å². The van der Waals surface area contributed by atoms with Crippen LogP contribution in [-0.4, -0.2) is 17.1 Å². The zero-order chi connectivity index (χ0) is 8.97. The smallest absolute Gasteiger partial charge is 0.123 e. The third-order valence-electron chi connectivity index (χ3n) is 1.58. The molecule has 0 fully saturated rings. The first-order valence-electron chi connectivity index (χ1n) is 3.66. The van der Waals surface area contributed by atoms with Crippen molar-refractivity contribution < 1.29 is 9.50 Å². The van der Waals surface area contributed by atoms with Crippen LogP contribution in [0.15, 0.2) is 24.3 Å². The van der Waals surface area contributed by atoms with Gasteiger partial charge in [0.25, 0.3) is 0 Å². The van der Waals surface area contributed by atoms with E-state index in [2.05, 4.69) is 0 Å². The van der Waals surface area contributed by atoms with E-state index in [9.17, 15) is 9.50 Å².